The Bertz CT molecular complexity index is 2250. The fourth-order valence-corrected chi connectivity index (χ4v) is 11.1. The number of benzene rings is 3. The monoisotopic (exact) mass is 994 g/mol. The molecule has 1 fully saturated rings. The number of oxime groups is 1. The Morgan fingerprint density at radius 1 is 0.833 bits per heavy atom. The summed E-state index contributed by atoms with van der Waals surface area (Å²) >= 11 is 0. The molecular weight excluding hydrogens is 915 g/mol. The predicted molar refractivity (Wildman–Crippen MR) is 277 cm³/mol. The van der Waals surface area contributed by atoms with Crippen molar-refractivity contribution in [3.8, 4) is 23.0 Å². The lowest BCUT2D eigenvalue weighted by Gasteiger charge is -2.59. The number of aliphatic hydroxyl groups is 2. The van der Waals surface area contributed by atoms with Gasteiger partial charge in [0.25, 0.3) is 0 Å². The van der Waals surface area contributed by atoms with Crippen LogP contribution in [0.3, 0.4) is 0 Å². The second-order valence-electron chi connectivity index (χ2n) is 19.5. The standard InChI is InChI=1S/C58H79N3O11/c1-4-7-8-9-10-11-12-13-14-22-34-66-57(65)61(40-43-27-29-51-52(35-43)68-41-67-51)53-38-49(60-70-6-3)47-36-44(25-18-20-31-62)46(26-19-21-32-63)54-48-37-45(71-56(64)59-39-42-23-16-15-17-24-42)28-30-50(48)72-58(53,55(47)54)69-33-5-2/h5,15-17,23-24,27-30,35-37,44,46,53-55,62-63H,2,4,6-14,18-22,25-26,31-34,38-41H2,1,3H3,(H,59,64). The molecule has 14 nitrogen and oxygen atoms in total. The normalized spacial score (nSPS) is 22.0. The molecule has 0 aromatic heterocycles. The van der Waals surface area contributed by atoms with Gasteiger partial charge in [-0.2, -0.15) is 0 Å². The summed E-state index contributed by atoms with van der Waals surface area (Å²) in [4.78, 5) is 36.2. The van der Waals surface area contributed by atoms with E-state index in [0.717, 1.165) is 67.2 Å². The van der Waals surface area contributed by atoms with Gasteiger partial charge in [0.15, 0.2) is 11.5 Å². The summed E-state index contributed by atoms with van der Waals surface area (Å²) in [6.07, 6.45) is 19.0. The number of carbonyl (C=O) groups excluding carboxylic acids is 2. The molecule has 4 aliphatic rings. The number of amides is 2. The van der Waals surface area contributed by atoms with E-state index in [1.165, 1.54) is 44.9 Å². The summed E-state index contributed by atoms with van der Waals surface area (Å²) < 4.78 is 38.4. The van der Waals surface area contributed by atoms with Crippen molar-refractivity contribution in [2.75, 3.05) is 39.8 Å². The van der Waals surface area contributed by atoms with Crippen molar-refractivity contribution in [2.24, 2.45) is 22.9 Å². The molecule has 2 aliphatic heterocycles. The Morgan fingerprint density at radius 2 is 1.56 bits per heavy atom. The summed E-state index contributed by atoms with van der Waals surface area (Å²) in [7, 11) is 0. The summed E-state index contributed by atoms with van der Waals surface area (Å²) in [5, 5.41) is 27.8. The van der Waals surface area contributed by atoms with Crippen LogP contribution in [0, 0.1) is 17.8 Å². The van der Waals surface area contributed by atoms with Gasteiger partial charge < -0.3 is 48.8 Å². The van der Waals surface area contributed by atoms with Crippen LogP contribution in [0.2, 0.25) is 0 Å². The molecule has 392 valence electrons. The maximum absolute atomic E-state index is 15.1. The van der Waals surface area contributed by atoms with E-state index in [2.05, 4.69) is 24.9 Å². The van der Waals surface area contributed by atoms with Gasteiger partial charge in [-0.25, -0.2) is 9.59 Å². The number of ether oxygens (including phenoxy) is 6. The molecule has 3 aromatic rings. The average molecular weight is 994 g/mol. The third-order valence-electron chi connectivity index (χ3n) is 14.6. The Kier molecular flexibility index (Phi) is 21.1. The van der Waals surface area contributed by atoms with Gasteiger partial charge in [0.05, 0.1) is 24.8 Å². The first-order valence-electron chi connectivity index (χ1n) is 26.9. The molecule has 3 aromatic carbocycles. The number of unbranched alkanes of at least 4 members (excludes halogenated alkanes) is 11. The number of carbonyl (C=O) groups is 2. The van der Waals surface area contributed by atoms with Gasteiger partial charge >= 0.3 is 12.2 Å². The number of fused-ring (bicyclic) bond motifs is 3. The highest BCUT2D eigenvalue weighted by Crippen LogP contribution is 2.62. The van der Waals surface area contributed by atoms with Gasteiger partial charge in [-0.05, 0) is 97.9 Å². The first-order chi connectivity index (χ1) is 35.3. The third-order valence-corrected chi connectivity index (χ3v) is 14.6. The van der Waals surface area contributed by atoms with Crippen LogP contribution in [0.25, 0.3) is 0 Å². The molecule has 7 rings (SSSR count). The molecule has 6 unspecified atom stereocenters. The maximum Gasteiger partial charge on any atom is 0.412 e. The minimum atomic E-state index is -1.52. The minimum absolute atomic E-state index is 0.0208. The van der Waals surface area contributed by atoms with Crippen LogP contribution in [0.1, 0.15) is 146 Å². The Morgan fingerprint density at radius 3 is 2.29 bits per heavy atom. The van der Waals surface area contributed by atoms with E-state index in [4.69, 9.17) is 38.4 Å². The number of allylic oxidation sites excluding steroid dienone is 1. The van der Waals surface area contributed by atoms with Crippen LogP contribution in [-0.2, 0) is 27.4 Å². The van der Waals surface area contributed by atoms with Crippen molar-refractivity contribution in [3.63, 3.8) is 0 Å². The van der Waals surface area contributed by atoms with Crippen LogP contribution >= 0.6 is 0 Å². The summed E-state index contributed by atoms with van der Waals surface area (Å²) in [6.45, 7) is 9.56. The van der Waals surface area contributed by atoms with E-state index in [1.807, 2.05) is 67.6 Å². The van der Waals surface area contributed by atoms with Crippen LogP contribution in [0.4, 0.5) is 9.59 Å². The fraction of sp³-hybridized carbons (Fsp3) is 0.569. The number of hydrogen-bond donors (Lipinski definition) is 3. The lowest BCUT2D eigenvalue weighted by atomic mass is 9.55. The van der Waals surface area contributed by atoms with Gasteiger partial charge in [-0.1, -0.05) is 131 Å². The maximum atomic E-state index is 15.1. The van der Waals surface area contributed by atoms with Crippen LogP contribution in [0.5, 0.6) is 23.0 Å². The van der Waals surface area contributed by atoms with Crippen molar-refractivity contribution < 1.29 is 53.1 Å². The SMILES string of the molecule is C=CCOC12Oc3ccc(OC(=O)NCc4ccccc4)cc3C3C(CCCCO)C(CCCCO)C=C(C(=NOCC)CC1N(Cc1ccc4c(c1)OCO4)C(=O)OCCCCCCCCCCCC)C32. The summed E-state index contributed by atoms with van der Waals surface area (Å²) in [6, 6.07) is 20.0. The minimum Gasteiger partial charge on any atom is -0.459 e. The molecule has 0 radical (unpaired) electrons. The van der Waals surface area contributed by atoms with Gasteiger partial charge in [0.2, 0.25) is 12.6 Å². The highest BCUT2D eigenvalue weighted by molar-refractivity contribution is 6.03. The van der Waals surface area contributed by atoms with Gasteiger partial charge in [0.1, 0.15) is 24.1 Å². The van der Waals surface area contributed by atoms with Crippen molar-refractivity contribution in [1.82, 2.24) is 10.2 Å². The summed E-state index contributed by atoms with van der Waals surface area (Å²) in [5.74, 6) is -0.299. The first kappa shape index (κ1) is 54.2. The molecule has 2 aliphatic carbocycles. The predicted octanol–water partition coefficient (Wildman–Crippen LogP) is 11.9. The molecule has 0 spiro atoms. The zero-order valence-corrected chi connectivity index (χ0v) is 42.7. The van der Waals surface area contributed by atoms with Crippen molar-refractivity contribution in [1.29, 1.82) is 0 Å². The van der Waals surface area contributed by atoms with Crippen LogP contribution in [-0.4, -0.2) is 84.7 Å². The van der Waals surface area contributed by atoms with Gasteiger partial charge in [0, 0.05) is 44.2 Å². The molecule has 6 atom stereocenters. The fourth-order valence-electron chi connectivity index (χ4n) is 11.1. The molecule has 0 bridgehead atoms. The quantitative estimate of drug-likeness (QED) is 0.0330. The molecule has 14 heteroatoms. The molecule has 72 heavy (non-hydrogen) atoms. The third kappa shape index (κ3) is 13.9. The molecule has 3 N–H and O–H groups in total. The van der Waals surface area contributed by atoms with Gasteiger partial charge in [-0.3, -0.25) is 4.90 Å². The zero-order valence-electron chi connectivity index (χ0n) is 42.7. The van der Waals surface area contributed by atoms with Crippen molar-refractivity contribution in [3.05, 3.63) is 108 Å². The van der Waals surface area contributed by atoms with E-state index < -0.39 is 29.9 Å². The van der Waals surface area contributed by atoms with E-state index >= 15 is 4.79 Å². The Hall–Kier alpha value is -5.57. The highest BCUT2D eigenvalue weighted by atomic mass is 16.7. The zero-order chi connectivity index (χ0) is 50.5. The molecule has 2 heterocycles. The lowest BCUT2D eigenvalue weighted by molar-refractivity contribution is -0.256. The van der Waals surface area contributed by atoms with E-state index in [0.29, 0.717) is 54.7 Å². The Labute approximate surface area is 427 Å². The van der Waals surface area contributed by atoms with E-state index in [1.54, 1.807) is 17.0 Å². The van der Waals surface area contributed by atoms with Crippen LogP contribution in [0.15, 0.2) is 96.2 Å². The summed E-state index contributed by atoms with van der Waals surface area (Å²) in [5.41, 5.74) is 4.15. The second-order valence-corrected chi connectivity index (χ2v) is 19.5. The largest absolute Gasteiger partial charge is 0.459 e. The number of nitrogens with one attached hydrogen (secondary N) is 1. The highest BCUT2D eigenvalue weighted by Gasteiger charge is 2.65. The Balaban J connectivity index is 1.29. The molecule has 1 saturated carbocycles. The average Bonchev–Trinajstić information content (AvgIpc) is 3.87. The second kappa shape index (κ2) is 28.0. The number of nitrogens with zero attached hydrogens (tertiary/aromatic N) is 2. The van der Waals surface area contributed by atoms with E-state index in [-0.39, 0.29) is 63.9 Å². The number of hydrogen-bond acceptors (Lipinski definition) is 12. The molecular formula is C58H79N3O11. The topological polar surface area (TPSA) is 167 Å². The van der Waals surface area contributed by atoms with Crippen molar-refractivity contribution in [2.45, 2.75) is 154 Å². The first-order valence-corrected chi connectivity index (χ1v) is 26.9. The van der Waals surface area contributed by atoms with E-state index in [9.17, 15) is 15.0 Å². The lowest BCUT2D eigenvalue weighted by Crippen LogP contribution is -2.70. The number of aliphatic hydroxyl groups excluding tert-OH is 2. The molecule has 2 amide bonds. The van der Waals surface area contributed by atoms with Gasteiger partial charge in [-0.15, -0.1) is 6.58 Å². The number of rotatable bonds is 30. The van der Waals surface area contributed by atoms with Crippen molar-refractivity contribution >= 4 is 17.9 Å². The smallest absolute Gasteiger partial charge is 0.412 e. The molecule has 0 saturated heterocycles. The van der Waals surface area contributed by atoms with Crippen LogP contribution < -0.4 is 24.3 Å².